The number of carbonyl (C=O) groups is 6. The van der Waals surface area contributed by atoms with Crippen molar-refractivity contribution >= 4 is 64.1 Å². The lowest BCUT2D eigenvalue weighted by Gasteiger charge is -2.46. The first-order valence-corrected chi connectivity index (χ1v) is 25.1. The zero-order valence-corrected chi connectivity index (χ0v) is 42.4. The predicted octanol–water partition coefficient (Wildman–Crippen LogP) is -6.90. The van der Waals surface area contributed by atoms with Gasteiger partial charge >= 0.3 is 0 Å². The Morgan fingerprint density at radius 2 is 1.43 bits per heavy atom. The molecular formula is C49H60N14O17. The van der Waals surface area contributed by atoms with Gasteiger partial charge in [0.2, 0.25) is 41.3 Å². The van der Waals surface area contributed by atoms with E-state index in [2.05, 4.69) is 52.2 Å². The first-order chi connectivity index (χ1) is 38.2. The lowest BCUT2D eigenvalue weighted by atomic mass is 9.92. The molecule has 1 aromatic heterocycles. The van der Waals surface area contributed by atoms with Gasteiger partial charge in [-0.05, 0) is 29.3 Å². The van der Waals surface area contributed by atoms with Crippen molar-refractivity contribution in [2.75, 3.05) is 32.8 Å². The predicted molar refractivity (Wildman–Crippen MR) is 276 cm³/mol. The molecular weight excluding hydrogens is 1060 g/mol. The van der Waals surface area contributed by atoms with Crippen LogP contribution in [-0.4, -0.2) is 216 Å². The highest BCUT2D eigenvalue weighted by Gasteiger charge is 2.52. The first kappa shape index (κ1) is 57.7. The third-order valence-electron chi connectivity index (χ3n) is 14.1. The molecule has 4 aliphatic heterocycles. The van der Waals surface area contributed by atoms with Crippen molar-refractivity contribution in [2.24, 2.45) is 21.5 Å². The van der Waals surface area contributed by atoms with Crippen LogP contribution in [0.5, 0.6) is 0 Å². The number of oxazole rings is 1. The molecule has 0 bridgehead atoms. The second kappa shape index (κ2) is 24.7. The maximum absolute atomic E-state index is 15.0. The minimum Gasteiger partial charge on any atom is -0.436 e. The standard InChI is InChI=1S/C49H60N14O17/c1-20(22-6-3-2-4-7-22)33-43(74)55-26(13-21-10-11-30-25(12-21)57-46(79-30)23-8-5-9-24(14-23)63(77)78)42(73)60-34(36(67)27-15-53-48(50)58-27)45(76)61-35(44(75)56-28(18-64)41(72)52-17-32(66)59-33)37(68)29-16-54-49(51)62(29)47-40(71)39(70)38(69)31(19-65)80-47/h2-12,14,20,26-29,31,33-40,47,64-65,67-71H,13,15-19H2,1H3,(H2,51,54)(H,52,72)(H,55,74)(H,56,75)(H,59,66)(H,60,73)(H,61,76)(H3,50,53,58)/t20?,26-,27?,28+,29?,31-,33+,34+,35-,36?,37?,38-,39+,40+,47+/m1/s1. The van der Waals surface area contributed by atoms with Gasteiger partial charge < -0.3 is 98.5 Å². The number of ether oxygens (including phenoxy) is 1. The SMILES string of the molecule is CC(c1ccccc1)[C@@H]1NC(=O)CNC(=O)[C@H](CO)NC(=O)[C@@H](C(O)C2CN=C(N)N2[C@H]2O[C@H](CO)[C@@H](O)[C@H](O)[C@@H]2O)NC(=O)[C@H](C(O)C2CN=C(N)N2)NC(=O)[C@@H](Cc2ccc3oc(-c4cccc([N+](=O)[O-])c4)nc3c2)NC1=O. The average molecular weight is 1120 g/mol. The van der Waals surface area contributed by atoms with E-state index < -0.39 is 170 Å². The number of fused-ring (bicyclic) bond motifs is 1. The summed E-state index contributed by atoms with van der Waals surface area (Å²) in [6.07, 6.45) is -13.8. The van der Waals surface area contributed by atoms with Gasteiger partial charge in [0.05, 0.1) is 49.9 Å². The number of rotatable bonds is 13. The van der Waals surface area contributed by atoms with Crippen molar-refractivity contribution in [3.63, 3.8) is 0 Å². The molecule has 3 aromatic carbocycles. The number of hydrogen-bond acceptors (Lipinski definition) is 24. The van der Waals surface area contributed by atoms with Gasteiger partial charge in [-0.3, -0.25) is 48.9 Å². The van der Waals surface area contributed by atoms with Crippen molar-refractivity contribution in [1.82, 2.24) is 47.1 Å². The van der Waals surface area contributed by atoms with E-state index >= 15 is 4.79 Å². The molecule has 31 heteroatoms. The largest absolute Gasteiger partial charge is 0.436 e. The van der Waals surface area contributed by atoms with E-state index in [9.17, 15) is 69.8 Å². The zero-order chi connectivity index (χ0) is 57.7. The Hall–Kier alpha value is -8.43. The van der Waals surface area contributed by atoms with Crippen LogP contribution in [0.25, 0.3) is 22.6 Å². The summed E-state index contributed by atoms with van der Waals surface area (Å²) in [4.78, 5) is 111. The molecule has 0 saturated carbocycles. The zero-order valence-electron chi connectivity index (χ0n) is 42.4. The Balaban J connectivity index is 1.18. The number of aliphatic hydroxyl groups excluding tert-OH is 7. The highest BCUT2D eigenvalue weighted by Crippen LogP contribution is 2.30. The number of benzene rings is 3. The number of nitrogens with two attached hydrogens (primary N) is 2. The summed E-state index contributed by atoms with van der Waals surface area (Å²) >= 11 is 0. The molecule has 0 aliphatic carbocycles. The maximum atomic E-state index is 15.0. The molecule has 8 rings (SSSR count). The van der Waals surface area contributed by atoms with Crippen LogP contribution in [0.15, 0.2) is 87.2 Å². The molecule has 0 spiro atoms. The van der Waals surface area contributed by atoms with E-state index in [1.165, 1.54) is 36.4 Å². The summed E-state index contributed by atoms with van der Waals surface area (Å²) in [6.45, 7) is -2.06. The van der Waals surface area contributed by atoms with Crippen LogP contribution >= 0.6 is 0 Å². The van der Waals surface area contributed by atoms with Gasteiger partial charge in [0.25, 0.3) is 5.69 Å². The minimum atomic E-state index is -2.30. The maximum Gasteiger partial charge on any atom is 0.270 e. The molecule has 18 N–H and O–H groups in total. The molecule has 31 nitrogen and oxygen atoms in total. The highest BCUT2D eigenvalue weighted by molar-refractivity contribution is 5.98. The number of hydrogen-bond donors (Lipinski definition) is 16. The van der Waals surface area contributed by atoms with Crippen LogP contribution in [-0.2, 0) is 39.9 Å². The Labute approximate surface area is 453 Å². The summed E-state index contributed by atoms with van der Waals surface area (Å²) < 4.78 is 11.6. The summed E-state index contributed by atoms with van der Waals surface area (Å²) in [5, 5.41) is 106. The van der Waals surface area contributed by atoms with Crippen LogP contribution in [0, 0.1) is 10.1 Å². The van der Waals surface area contributed by atoms with Gasteiger partial charge in [-0.25, -0.2) is 4.98 Å². The van der Waals surface area contributed by atoms with Crippen molar-refractivity contribution < 1.29 is 78.6 Å². The number of non-ortho nitro benzene ring substituents is 1. The van der Waals surface area contributed by atoms with Crippen LogP contribution < -0.4 is 48.7 Å². The highest BCUT2D eigenvalue weighted by atomic mass is 16.6. The van der Waals surface area contributed by atoms with E-state index in [1.54, 1.807) is 43.3 Å². The van der Waals surface area contributed by atoms with Gasteiger partial charge in [-0.2, -0.15) is 0 Å². The monoisotopic (exact) mass is 1120 g/mol. The van der Waals surface area contributed by atoms with E-state index in [1.807, 2.05) is 0 Å². The molecule has 4 aliphatic rings. The van der Waals surface area contributed by atoms with E-state index in [0.717, 1.165) is 4.90 Å². The van der Waals surface area contributed by atoms with E-state index in [-0.39, 0.29) is 40.7 Å². The quantitative estimate of drug-likeness (QED) is 0.0437. The van der Waals surface area contributed by atoms with Crippen LogP contribution in [0.3, 0.4) is 0 Å². The lowest BCUT2D eigenvalue weighted by molar-refractivity contribution is -0.384. The minimum absolute atomic E-state index is 0.00950. The van der Waals surface area contributed by atoms with Gasteiger partial charge in [0.1, 0.15) is 72.3 Å². The van der Waals surface area contributed by atoms with Crippen molar-refractivity contribution in [3.05, 3.63) is 94.0 Å². The molecule has 2 fully saturated rings. The Morgan fingerprint density at radius 3 is 2.11 bits per heavy atom. The molecule has 80 heavy (non-hydrogen) atoms. The molecule has 6 amide bonds. The first-order valence-electron chi connectivity index (χ1n) is 25.1. The fourth-order valence-electron chi connectivity index (χ4n) is 9.68. The van der Waals surface area contributed by atoms with Crippen LogP contribution in [0.1, 0.15) is 24.0 Å². The summed E-state index contributed by atoms with van der Waals surface area (Å²) in [6, 6.07) is 6.05. The molecule has 4 aromatic rings. The van der Waals surface area contributed by atoms with E-state index in [4.69, 9.17) is 20.6 Å². The lowest BCUT2D eigenvalue weighted by Crippen LogP contribution is -2.70. The fourth-order valence-corrected chi connectivity index (χ4v) is 9.68. The number of nitro benzene ring substituents is 1. The Morgan fingerprint density at radius 1 is 0.738 bits per heavy atom. The number of guanidine groups is 2. The number of aromatic nitrogens is 1. The normalized spacial score (nSPS) is 29.5. The second-order valence-corrected chi connectivity index (χ2v) is 19.4. The molecule has 2 saturated heterocycles. The number of carbonyl (C=O) groups excluding carboxylic acids is 6. The van der Waals surface area contributed by atoms with Crippen molar-refractivity contribution in [3.8, 4) is 11.5 Å². The van der Waals surface area contributed by atoms with Crippen molar-refractivity contribution in [1.29, 1.82) is 0 Å². The third kappa shape index (κ3) is 12.5. The number of nitrogens with zero attached hydrogens (tertiary/aromatic N) is 5. The summed E-state index contributed by atoms with van der Waals surface area (Å²) in [5.41, 5.74) is 13.4. The van der Waals surface area contributed by atoms with Crippen LogP contribution in [0.4, 0.5) is 5.69 Å². The number of aliphatic imine (C=N–C) groups is 2. The Bertz CT molecular complexity index is 3040. The molecule has 0 radical (unpaired) electrons. The topological polar surface area (TPSA) is 487 Å². The Kier molecular flexibility index (Phi) is 17.8. The third-order valence-corrected chi connectivity index (χ3v) is 14.1. The summed E-state index contributed by atoms with van der Waals surface area (Å²) in [5.74, 6) is -8.50. The van der Waals surface area contributed by atoms with Gasteiger partial charge in [-0.15, -0.1) is 0 Å². The van der Waals surface area contributed by atoms with Crippen molar-refractivity contribution in [2.45, 2.75) is 104 Å². The average Bonchev–Trinajstić information content (AvgIpc) is 4.20. The molecule has 428 valence electrons. The molecule has 5 heterocycles. The number of amides is 6. The smallest absolute Gasteiger partial charge is 0.270 e. The molecule has 5 unspecified atom stereocenters. The van der Waals surface area contributed by atoms with Gasteiger partial charge in [0.15, 0.2) is 23.7 Å². The van der Waals surface area contributed by atoms with Gasteiger partial charge in [0, 0.05) is 30.0 Å². The van der Waals surface area contributed by atoms with Crippen LogP contribution in [0.2, 0.25) is 0 Å². The molecule has 15 atom stereocenters. The summed E-state index contributed by atoms with van der Waals surface area (Å²) in [7, 11) is 0. The number of aliphatic hydroxyl groups is 7. The fraction of sp³-hybridized carbons (Fsp3) is 0.449. The van der Waals surface area contributed by atoms with Gasteiger partial charge in [-0.1, -0.05) is 49.4 Å². The van der Waals surface area contributed by atoms with E-state index in [0.29, 0.717) is 11.1 Å². The number of nitrogens with one attached hydrogen (secondary N) is 7. The number of nitro groups is 1. The second-order valence-electron chi connectivity index (χ2n) is 19.4.